The van der Waals surface area contributed by atoms with Gasteiger partial charge in [0, 0.05) is 24.0 Å². The summed E-state index contributed by atoms with van der Waals surface area (Å²) in [6.07, 6.45) is 3.05. The Morgan fingerprint density at radius 3 is 2.36 bits per heavy atom. The normalized spacial score (nSPS) is 11.1. The van der Waals surface area contributed by atoms with E-state index < -0.39 is 11.4 Å². The predicted molar refractivity (Wildman–Crippen MR) is 93.9 cm³/mol. The SMILES string of the molecule is CC(C)(C(=O)Nc1ncccn1)n1nc(-c2ccccc2)ccc1=O. The van der Waals surface area contributed by atoms with Gasteiger partial charge in [-0.3, -0.25) is 14.9 Å². The minimum absolute atomic E-state index is 0.174. The highest BCUT2D eigenvalue weighted by atomic mass is 16.2. The third kappa shape index (κ3) is 3.45. The van der Waals surface area contributed by atoms with Crippen LogP contribution in [0, 0.1) is 0 Å². The number of aromatic nitrogens is 4. The van der Waals surface area contributed by atoms with Gasteiger partial charge in [0.25, 0.3) is 11.5 Å². The molecule has 3 aromatic rings. The van der Waals surface area contributed by atoms with Crippen molar-refractivity contribution in [3.63, 3.8) is 0 Å². The summed E-state index contributed by atoms with van der Waals surface area (Å²) in [7, 11) is 0. The summed E-state index contributed by atoms with van der Waals surface area (Å²) in [5, 5.41) is 6.99. The molecule has 0 fully saturated rings. The fourth-order valence-corrected chi connectivity index (χ4v) is 2.29. The van der Waals surface area contributed by atoms with Gasteiger partial charge in [0.2, 0.25) is 5.95 Å². The van der Waals surface area contributed by atoms with Crippen LogP contribution in [0.15, 0.2) is 65.7 Å². The maximum Gasteiger partial charge on any atom is 0.267 e. The van der Waals surface area contributed by atoms with E-state index in [2.05, 4.69) is 20.4 Å². The Balaban J connectivity index is 1.96. The molecule has 0 bridgehead atoms. The number of nitrogens with one attached hydrogen (secondary N) is 1. The number of hydrogen-bond acceptors (Lipinski definition) is 5. The van der Waals surface area contributed by atoms with Gasteiger partial charge in [-0.05, 0) is 26.0 Å². The van der Waals surface area contributed by atoms with Crippen molar-refractivity contribution in [2.24, 2.45) is 0 Å². The fraction of sp³-hybridized carbons (Fsp3) is 0.167. The Morgan fingerprint density at radius 2 is 1.68 bits per heavy atom. The quantitative estimate of drug-likeness (QED) is 0.788. The van der Waals surface area contributed by atoms with E-state index in [1.807, 2.05) is 30.3 Å². The second-order valence-electron chi connectivity index (χ2n) is 5.92. The minimum atomic E-state index is -1.22. The molecular weight excluding hydrogens is 318 g/mol. The van der Waals surface area contributed by atoms with Crippen LogP contribution in [0.2, 0.25) is 0 Å². The lowest BCUT2D eigenvalue weighted by atomic mass is 10.0. The van der Waals surface area contributed by atoms with Gasteiger partial charge < -0.3 is 0 Å². The van der Waals surface area contributed by atoms with E-state index in [0.717, 1.165) is 5.56 Å². The van der Waals surface area contributed by atoms with Gasteiger partial charge in [0.05, 0.1) is 5.69 Å². The van der Waals surface area contributed by atoms with E-state index in [1.165, 1.54) is 23.1 Å². The highest BCUT2D eigenvalue weighted by Crippen LogP contribution is 2.18. The zero-order valence-electron chi connectivity index (χ0n) is 13.9. The maximum absolute atomic E-state index is 12.6. The van der Waals surface area contributed by atoms with Crippen molar-refractivity contribution in [3.05, 3.63) is 71.3 Å². The number of anilines is 1. The van der Waals surface area contributed by atoms with Crippen molar-refractivity contribution in [2.45, 2.75) is 19.4 Å². The average molecular weight is 335 g/mol. The van der Waals surface area contributed by atoms with E-state index >= 15 is 0 Å². The fourth-order valence-electron chi connectivity index (χ4n) is 2.29. The monoisotopic (exact) mass is 335 g/mol. The first-order valence-corrected chi connectivity index (χ1v) is 7.73. The van der Waals surface area contributed by atoms with Crippen molar-refractivity contribution in [3.8, 4) is 11.3 Å². The van der Waals surface area contributed by atoms with Crippen LogP contribution in [-0.2, 0) is 10.3 Å². The van der Waals surface area contributed by atoms with Gasteiger partial charge in [-0.15, -0.1) is 0 Å². The molecule has 0 spiro atoms. The lowest BCUT2D eigenvalue weighted by Gasteiger charge is -2.24. The van der Waals surface area contributed by atoms with Gasteiger partial charge >= 0.3 is 0 Å². The van der Waals surface area contributed by atoms with E-state index in [9.17, 15) is 9.59 Å². The molecule has 3 rings (SSSR count). The van der Waals surface area contributed by atoms with Crippen molar-refractivity contribution in [2.75, 3.05) is 5.32 Å². The Morgan fingerprint density at radius 1 is 1.00 bits per heavy atom. The molecule has 1 amide bonds. The molecule has 0 unspecified atom stereocenters. The molecule has 2 heterocycles. The van der Waals surface area contributed by atoms with Crippen LogP contribution in [0.5, 0.6) is 0 Å². The Hall–Kier alpha value is -3.35. The topological polar surface area (TPSA) is 89.8 Å². The van der Waals surface area contributed by atoms with Crippen LogP contribution in [0.1, 0.15) is 13.8 Å². The summed E-state index contributed by atoms with van der Waals surface area (Å²) in [5.74, 6) is -0.258. The average Bonchev–Trinajstić information content (AvgIpc) is 2.63. The number of carbonyl (C=O) groups is 1. The number of nitrogens with zero attached hydrogens (tertiary/aromatic N) is 4. The van der Waals surface area contributed by atoms with E-state index in [-0.39, 0.29) is 11.5 Å². The number of hydrogen-bond donors (Lipinski definition) is 1. The van der Waals surface area contributed by atoms with Crippen LogP contribution >= 0.6 is 0 Å². The zero-order chi connectivity index (χ0) is 17.9. The summed E-state index contributed by atoms with van der Waals surface area (Å²) >= 11 is 0. The summed E-state index contributed by atoms with van der Waals surface area (Å²) in [5.41, 5.74) is -0.120. The summed E-state index contributed by atoms with van der Waals surface area (Å²) in [6, 6.07) is 14.1. The Labute approximate surface area is 144 Å². The molecule has 0 saturated carbocycles. The Kier molecular flexibility index (Phi) is 4.38. The molecule has 7 nitrogen and oxygen atoms in total. The van der Waals surface area contributed by atoms with Gasteiger partial charge in [-0.1, -0.05) is 30.3 Å². The molecule has 7 heteroatoms. The number of benzene rings is 1. The van der Waals surface area contributed by atoms with Gasteiger partial charge in [-0.2, -0.15) is 5.10 Å². The molecule has 0 atom stereocenters. The second-order valence-corrected chi connectivity index (χ2v) is 5.92. The summed E-state index contributed by atoms with van der Waals surface area (Å²) in [4.78, 5) is 32.9. The van der Waals surface area contributed by atoms with Crippen LogP contribution in [-0.4, -0.2) is 25.7 Å². The predicted octanol–water partition coefficient (Wildman–Crippen LogP) is 2.07. The molecule has 0 aliphatic heterocycles. The van der Waals surface area contributed by atoms with Crippen LogP contribution < -0.4 is 10.9 Å². The first-order chi connectivity index (χ1) is 12.0. The number of rotatable bonds is 4. The molecule has 0 radical (unpaired) electrons. The van der Waals surface area contributed by atoms with Crippen LogP contribution in [0.4, 0.5) is 5.95 Å². The van der Waals surface area contributed by atoms with E-state index in [1.54, 1.807) is 26.0 Å². The summed E-state index contributed by atoms with van der Waals surface area (Å²) in [6.45, 7) is 3.24. The number of amides is 1. The highest BCUT2D eigenvalue weighted by Gasteiger charge is 2.32. The third-order valence-electron chi connectivity index (χ3n) is 3.75. The van der Waals surface area contributed by atoms with Crippen LogP contribution in [0.3, 0.4) is 0 Å². The van der Waals surface area contributed by atoms with Crippen molar-refractivity contribution in [1.82, 2.24) is 19.7 Å². The highest BCUT2D eigenvalue weighted by molar-refractivity contribution is 5.94. The molecule has 0 aliphatic carbocycles. The number of carbonyl (C=O) groups excluding carboxylic acids is 1. The lowest BCUT2D eigenvalue weighted by molar-refractivity contribution is -0.123. The molecule has 126 valence electrons. The first kappa shape index (κ1) is 16.5. The molecule has 0 saturated heterocycles. The van der Waals surface area contributed by atoms with Crippen LogP contribution in [0.25, 0.3) is 11.3 Å². The minimum Gasteiger partial charge on any atom is -0.292 e. The zero-order valence-corrected chi connectivity index (χ0v) is 13.9. The second kappa shape index (κ2) is 6.64. The van der Waals surface area contributed by atoms with Crippen molar-refractivity contribution in [1.29, 1.82) is 0 Å². The molecule has 1 aromatic carbocycles. The van der Waals surface area contributed by atoms with Crippen molar-refractivity contribution < 1.29 is 4.79 Å². The molecular formula is C18H17N5O2. The standard InChI is InChI=1S/C18H17N5O2/c1-18(2,16(25)21-17-19-11-6-12-20-17)23-15(24)10-9-14(22-23)13-7-4-3-5-8-13/h3-12H,1-2H3,(H,19,20,21,25). The molecule has 0 aliphatic rings. The van der Waals surface area contributed by atoms with E-state index in [4.69, 9.17) is 0 Å². The van der Waals surface area contributed by atoms with E-state index in [0.29, 0.717) is 5.69 Å². The van der Waals surface area contributed by atoms with Crippen molar-refractivity contribution >= 4 is 11.9 Å². The van der Waals surface area contributed by atoms with Gasteiger partial charge in [-0.25, -0.2) is 14.6 Å². The molecule has 1 N–H and O–H groups in total. The molecule has 25 heavy (non-hydrogen) atoms. The Bertz CT molecular complexity index is 936. The summed E-state index contributed by atoms with van der Waals surface area (Å²) < 4.78 is 1.17. The maximum atomic E-state index is 12.6. The first-order valence-electron chi connectivity index (χ1n) is 7.73. The largest absolute Gasteiger partial charge is 0.292 e. The molecule has 2 aromatic heterocycles. The van der Waals surface area contributed by atoms with Gasteiger partial charge in [0.15, 0.2) is 0 Å². The third-order valence-corrected chi connectivity index (χ3v) is 3.75. The lowest BCUT2D eigenvalue weighted by Crippen LogP contribution is -2.47. The van der Waals surface area contributed by atoms with Gasteiger partial charge in [0.1, 0.15) is 5.54 Å². The smallest absolute Gasteiger partial charge is 0.267 e.